The van der Waals surface area contributed by atoms with E-state index in [1.807, 2.05) is 66.9 Å². The number of aromatic nitrogens is 2. The predicted octanol–water partition coefficient (Wildman–Crippen LogP) is 4.28. The highest BCUT2D eigenvalue weighted by Crippen LogP contribution is 2.34. The van der Waals surface area contributed by atoms with E-state index < -0.39 is 6.10 Å². The number of halogens is 1. The van der Waals surface area contributed by atoms with Crippen molar-refractivity contribution in [1.29, 1.82) is 0 Å². The maximum absolute atomic E-state index is 13.7. The van der Waals surface area contributed by atoms with Crippen molar-refractivity contribution in [1.82, 2.24) is 15.1 Å². The molecule has 0 fully saturated rings. The molecule has 2 heterocycles. The SMILES string of the molecule is CNC(=O)C1CN(C(=O)Cc2cn(-c3ccccc3)nc2-c2ccc(Cl)cc2)c2ccccc2O1. The second-order valence-corrected chi connectivity index (χ2v) is 8.60. The Balaban J connectivity index is 1.51. The summed E-state index contributed by atoms with van der Waals surface area (Å²) in [5.74, 6) is 0.0622. The third-order valence-electron chi connectivity index (χ3n) is 5.88. The molecule has 1 atom stereocenters. The maximum atomic E-state index is 13.7. The zero-order valence-corrected chi connectivity index (χ0v) is 19.8. The van der Waals surface area contributed by atoms with Gasteiger partial charge in [-0.1, -0.05) is 54.1 Å². The van der Waals surface area contributed by atoms with E-state index >= 15 is 0 Å². The Morgan fingerprint density at radius 2 is 1.74 bits per heavy atom. The Bertz CT molecular complexity index is 1370. The van der Waals surface area contributed by atoms with E-state index in [1.165, 1.54) is 0 Å². The summed E-state index contributed by atoms with van der Waals surface area (Å²) in [5, 5.41) is 8.02. The van der Waals surface area contributed by atoms with E-state index in [4.69, 9.17) is 21.4 Å². The number of carbonyl (C=O) groups excluding carboxylic acids is 2. The number of amides is 2. The summed E-state index contributed by atoms with van der Waals surface area (Å²) >= 11 is 6.09. The van der Waals surface area contributed by atoms with E-state index in [0.717, 1.165) is 16.8 Å². The lowest BCUT2D eigenvalue weighted by atomic mass is 10.0. The number of carbonyl (C=O) groups is 2. The number of rotatable bonds is 5. The van der Waals surface area contributed by atoms with Crippen LogP contribution in [-0.2, 0) is 16.0 Å². The quantitative estimate of drug-likeness (QED) is 0.457. The molecule has 1 N–H and O–H groups in total. The van der Waals surface area contributed by atoms with Crippen LogP contribution in [0.15, 0.2) is 85.1 Å². The van der Waals surface area contributed by atoms with Gasteiger partial charge in [0.2, 0.25) is 5.91 Å². The summed E-state index contributed by atoms with van der Waals surface area (Å²) in [4.78, 5) is 27.6. The number of ether oxygens (including phenoxy) is 1. The van der Waals surface area contributed by atoms with Crippen molar-refractivity contribution < 1.29 is 14.3 Å². The zero-order valence-electron chi connectivity index (χ0n) is 19.0. The molecule has 176 valence electrons. The standard InChI is InChI=1S/C27H23ClN4O3/c1-29-27(34)24-17-31(22-9-5-6-10-23(22)35-24)25(33)15-19-16-32(21-7-3-2-4-8-21)30-26(19)18-11-13-20(28)14-12-18/h2-14,16,24H,15,17H2,1H3,(H,29,34). The van der Waals surface area contributed by atoms with Crippen LogP contribution >= 0.6 is 11.6 Å². The van der Waals surface area contributed by atoms with Crippen molar-refractivity contribution >= 4 is 29.1 Å². The van der Waals surface area contributed by atoms with Crippen LogP contribution in [0.1, 0.15) is 5.56 Å². The number of anilines is 1. The first-order chi connectivity index (χ1) is 17.0. The van der Waals surface area contributed by atoms with E-state index in [0.29, 0.717) is 22.2 Å². The van der Waals surface area contributed by atoms with Crippen LogP contribution in [0, 0.1) is 0 Å². The Kier molecular flexibility index (Phi) is 6.25. The first kappa shape index (κ1) is 22.7. The molecule has 1 aliphatic heterocycles. The van der Waals surface area contributed by atoms with Gasteiger partial charge in [0.05, 0.1) is 30.0 Å². The second-order valence-electron chi connectivity index (χ2n) is 8.16. The van der Waals surface area contributed by atoms with Crippen molar-refractivity contribution in [3.63, 3.8) is 0 Å². The lowest BCUT2D eigenvalue weighted by molar-refractivity contribution is -0.127. The third-order valence-corrected chi connectivity index (χ3v) is 6.14. The summed E-state index contributed by atoms with van der Waals surface area (Å²) in [7, 11) is 1.55. The molecule has 3 aromatic carbocycles. The fourth-order valence-electron chi connectivity index (χ4n) is 4.13. The average molecular weight is 487 g/mol. The molecule has 2 amide bonds. The van der Waals surface area contributed by atoms with E-state index in [-0.39, 0.29) is 24.8 Å². The van der Waals surface area contributed by atoms with Crippen molar-refractivity contribution in [3.8, 4) is 22.7 Å². The molecule has 0 radical (unpaired) electrons. The highest BCUT2D eigenvalue weighted by molar-refractivity contribution is 6.30. The lowest BCUT2D eigenvalue weighted by Crippen LogP contribution is -2.50. The minimum atomic E-state index is -0.790. The number of para-hydroxylation sites is 3. The molecular weight excluding hydrogens is 464 g/mol. The molecule has 0 saturated carbocycles. The van der Waals surface area contributed by atoms with Gasteiger partial charge in [0.15, 0.2) is 6.10 Å². The number of fused-ring (bicyclic) bond motifs is 1. The van der Waals surface area contributed by atoms with Gasteiger partial charge in [-0.3, -0.25) is 9.59 Å². The molecule has 0 spiro atoms. The largest absolute Gasteiger partial charge is 0.477 e. The number of nitrogens with one attached hydrogen (secondary N) is 1. The predicted molar refractivity (Wildman–Crippen MR) is 135 cm³/mol. The molecule has 4 aromatic rings. The number of likely N-dealkylation sites (N-methyl/N-ethyl adjacent to an activating group) is 1. The fourth-order valence-corrected chi connectivity index (χ4v) is 4.26. The van der Waals surface area contributed by atoms with Gasteiger partial charge in [-0.15, -0.1) is 0 Å². The first-order valence-corrected chi connectivity index (χ1v) is 11.6. The van der Waals surface area contributed by atoms with Gasteiger partial charge in [-0.25, -0.2) is 4.68 Å². The molecule has 1 aromatic heterocycles. The molecule has 8 heteroatoms. The molecule has 0 aliphatic carbocycles. The molecule has 35 heavy (non-hydrogen) atoms. The smallest absolute Gasteiger partial charge is 0.262 e. The Hall–Kier alpha value is -4.10. The van der Waals surface area contributed by atoms with E-state index in [1.54, 1.807) is 34.8 Å². The number of hydrogen-bond acceptors (Lipinski definition) is 4. The summed E-state index contributed by atoms with van der Waals surface area (Å²) in [6.07, 6.45) is 1.18. The number of nitrogens with zero attached hydrogens (tertiary/aromatic N) is 3. The van der Waals surface area contributed by atoms with Gasteiger partial charge in [-0.2, -0.15) is 5.10 Å². The fraction of sp³-hybridized carbons (Fsp3) is 0.148. The van der Waals surface area contributed by atoms with Gasteiger partial charge in [0, 0.05) is 29.4 Å². The van der Waals surface area contributed by atoms with Gasteiger partial charge >= 0.3 is 0 Å². The van der Waals surface area contributed by atoms with Crippen molar-refractivity contribution in [2.24, 2.45) is 0 Å². The molecular formula is C27H23ClN4O3. The Labute approximate surface area is 207 Å². The first-order valence-electron chi connectivity index (χ1n) is 11.2. The second kappa shape index (κ2) is 9.64. The number of hydrogen-bond donors (Lipinski definition) is 1. The van der Waals surface area contributed by atoms with Crippen LogP contribution in [0.4, 0.5) is 5.69 Å². The highest BCUT2D eigenvalue weighted by atomic mass is 35.5. The Morgan fingerprint density at radius 1 is 1.03 bits per heavy atom. The van der Waals surface area contributed by atoms with E-state index in [2.05, 4.69) is 5.32 Å². The van der Waals surface area contributed by atoms with Crippen LogP contribution in [0.5, 0.6) is 5.75 Å². The average Bonchev–Trinajstić information content (AvgIpc) is 3.32. The van der Waals surface area contributed by atoms with Gasteiger partial charge in [-0.05, 0) is 36.4 Å². The zero-order chi connectivity index (χ0) is 24.4. The minimum absolute atomic E-state index is 0.0968. The topological polar surface area (TPSA) is 76.5 Å². The van der Waals surface area contributed by atoms with Gasteiger partial charge in [0.25, 0.3) is 5.91 Å². The molecule has 0 saturated heterocycles. The minimum Gasteiger partial charge on any atom is -0.477 e. The van der Waals surface area contributed by atoms with Crippen LogP contribution in [0.3, 0.4) is 0 Å². The summed E-state index contributed by atoms with van der Waals surface area (Å²) in [6, 6.07) is 24.3. The lowest BCUT2D eigenvalue weighted by Gasteiger charge is -2.34. The summed E-state index contributed by atoms with van der Waals surface area (Å²) in [6.45, 7) is 0.124. The van der Waals surface area contributed by atoms with E-state index in [9.17, 15) is 9.59 Å². The van der Waals surface area contributed by atoms with Crippen LogP contribution in [0.2, 0.25) is 5.02 Å². The molecule has 1 aliphatic rings. The maximum Gasteiger partial charge on any atom is 0.262 e. The van der Waals surface area contributed by atoms with Crippen molar-refractivity contribution in [2.75, 3.05) is 18.5 Å². The van der Waals surface area contributed by atoms with Gasteiger partial charge < -0.3 is 15.0 Å². The highest BCUT2D eigenvalue weighted by Gasteiger charge is 2.33. The van der Waals surface area contributed by atoms with Gasteiger partial charge in [0.1, 0.15) is 5.75 Å². The Morgan fingerprint density at radius 3 is 2.49 bits per heavy atom. The molecule has 1 unspecified atom stereocenters. The van der Waals surface area contributed by atoms with Crippen LogP contribution in [-0.4, -0.2) is 41.3 Å². The summed E-state index contributed by atoms with van der Waals surface area (Å²) in [5.41, 5.74) is 3.85. The van der Waals surface area contributed by atoms with Crippen molar-refractivity contribution in [3.05, 3.63) is 95.6 Å². The van der Waals surface area contributed by atoms with Crippen molar-refractivity contribution in [2.45, 2.75) is 12.5 Å². The van der Waals surface area contributed by atoms with Crippen LogP contribution in [0.25, 0.3) is 16.9 Å². The summed E-state index contributed by atoms with van der Waals surface area (Å²) < 4.78 is 7.62. The monoisotopic (exact) mass is 486 g/mol. The number of benzene rings is 3. The molecule has 0 bridgehead atoms. The molecule has 5 rings (SSSR count). The molecule has 7 nitrogen and oxygen atoms in total. The van der Waals surface area contributed by atoms with Crippen LogP contribution < -0.4 is 15.0 Å². The normalized spacial score (nSPS) is 14.7. The third kappa shape index (κ3) is 4.63.